The molecule has 0 aromatic heterocycles. The zero-order valence-electron chi connectivity index (χ0n) is 12.6. The van der Waals surface area contributed by atoms with Gasteiger partial charge in [-0.1, -0.05) is 30.3 Å². The van der Waals surface area contributed by atoms with E-state index in [1.807, 2.05) is 30.3 Å². The van der Waals surface area contributed by atoms with Gasteiger partial charge in [-0.15, -0.1) is 0 Å². The summed E-state index contributed by atoms with van der Waals surface area (Å²) in [6.07, 6.45) is 1.38. The number of amides is 2. The van der Waals surface area contributed by atoms with E-state index in [2.05, 4.69) is 0 Å². The van der Waals surface area contributed by atoms with Gasteiger partial charge in [-0.3, -0.25) is 4.84 Å². The lowest BCUT2D eigenvalue weighted by atomic mass is 10.0. The van der Waals surface area contributed by atoms with Crippen LogP contribution in [-0.2, 0) is 21.0 Å². The third kappa shape index (κ3) is 2.78. The lowest BCUT2D eigenvalue weighted by Gasteiger charge is -2.28. The van der Waals surface area contributed by atoms with Crippen molar-refractivity contribution >= 4 is 12.0 Å². The van der Waals surface area contributed by atoms with E-state index < -0.39 is 6.04 Å². The molecule has 1 aromatic carbocycles. The summed E-state index contributed by atoms with van der Waals surface area (Å²) in [6.45, 7) is 2.97. The molecule has 6 heteroatoms. The maximum Gasteiger partial charge on any atom is 0.345 e. The molecule has 2 aliphatic rings. The van der Waals surface area contributed by atoms with Crippen LogP contribution < -0.4 is 0 Å². The second-order valence-corrected chi connectivity index (χ2v) is 5.52. The zero-order valence-corrected chi connectivity index (χ0v) is 12.6. The number of fused-ring (bicyclic) bond motifs is 2. The van der Waals surface area contributed by atoms with Gasteiger partial charge in [0.2, 0.25) is 0 Å². The quantitative estimate of drug-likeness (QED) is 0.780. The summed E-state index contributed by atoms with van der Waals surface area (Å²) in [7, 11) is 0. The fourth-order valence-corrected chi connectivity index (χ4v) is 3.00. The average Bonchev–Trinajstić information content (AvgIpc) is 2.78. The van der Waals surface area contributed by atoms with Gasteiger partial charge in [-0.25, -0.2) is 9.59 Å². The van der Waals surface area contributed by atoms with Crippen LogP contribution in [0, 0.1) is 0 Å². The van der Waals surface area contributed by atoms with Gasteiger partial charge in [0.1, 0.15) is 12.6 Å². The van der Waals surface area contributed by atoms with Crippen LogP contribution in [0.25, 0.3) is 0 Å². The second-order valence-electron chi connectivity index (χ2n) is 5.52. The first-order valence-corrected chi connectivity index (χ1v) is 7.64. The van der Waals surface area contributed by atoms with Gasteiger partial charge in [0.15, 0.2) is 0 Å². The van der Waals surface area contributed by atoms with Gasteiger partial charge in [-0.2, -0.15) is 5.06 Å². The summed E-state index contributed by atoms with van der Waals surface area (Å²) < 4.78 is 5.05. The Hall–Kier alpha value is -2.08. The van der Waals surface area contributed by atoms with E-state index in [0.717, 1.165) is 12.0 Å². The molecule has 2 fully saturated rings. The average molecular weight is 304 g/mol. The van der Waals surface area contributed by atoms with Gasteiger partial charge in [0, 0.05) is 6.54 Å². The molecule has 0 N–H and O–H groups in total. The Kier molecular flexibility index (Phi) is 4.29. The summed E-state index contributed by atoms with van der Waals surface area (Å²) in [5.74, 6) is -0.320. The summed E-state index contributed by atoms with van der Waals surface area (Å²) >= 11 is 0. The highest BCUT2D eigenvalue weighted by molar-refractivity contribution is 5.85. The Labute approximate surface area is 129 Å². The zero-order chi connectivity index (χ0) is 15.5. The molecule has 2 aliphatic heterocycles. The first-order valence-electron chi connectivity index (χ1n) is 7.64. The fourth-order valence-electron chi connectivity index (χ4n) is 3.00. The molecule has 0 saturated carbocycles. The number of benzene rings is 1. The van der Waals surface area contributed by atoms with Gasteiger partial charge < -0.3 is 9.64 Å². The molecule has 0 unspecified atom stereocenters. The lowest BCUT2D eigenvalue weighted by molar-refractivity contribution is -0.149. The Balaban J connectivity index is 1.64. The van der Waals surface area contributed by atoms with Crippen molar-refractivity contribution in [1.82, 2.24) is 9.96 Å². The van der Waals surface area contributed by atoms with E-state index in [-0.39, 0.29) is 18.0 Å². The van der Waals surface area contributed by atoms with Crippen LogP contribution in [0.3, 0.4) is 0 Å². The summed E-state index contributed by atoms with van der Waals surface area (Å²) in [6, 6.07) is 9.01. The molecule has 22 heavy (non-hydrogen) atoms. The van der Waals surface area contributed by atoms with E-state index in [4.69, 9.17) is 9.57 Å². The number of hydrogen-bond donors (Lipinski definition) is 0. The van der Waals surface area contributed by atoms with E-state index in [1.54, 1.807) is 11.8 Å². The molecule has 0 aliphatic carbocycles. The minimum Gasteiger partial charge on any atom is -0.464 e. The Morgan fingerprint density at radius 3 is 2.77 bits per heavy atom. The van der Waals surface area contributed by atoms with Crippen LogP contribution in [0.1, 0.15) is 25.3 Å². The molecule has 2 amide bonds. The van der Waals surface area contributed by atoms with E-state index in [0.29, 0.717) is 26.2 Å². The predicted molar refractivity (Wildman–Crippen MR) is 78.6 cm³/mol. The van der Waals surface area contributed by atoms with Crippen molar-refractivity contribution in [2.24, 2.45) is 0 Å². The third-order valence-electron chi connectivity index (χ3n) is 4.09. The number of piperidine rings is 1. The van der Waals surface area contributed by atoms with Crippen molar-refractivity contribution in [3.05, 3.63) is 35.9 Å². The smallest absolute Gasteiger partial charge is 0.345 e. The van der Waals surface area contributed by atoms with Gasteiger partial charge in [0.25, 0.3) is 0 Å². The molecule has 6 nitrogen and oxygen atoms in total. The molecule has 3 rings (SSSR count). The Morgan fingerprint density at radius 2 is 2.05 bits per heavy atom. The molecular formula is C16H20N2O4. The first kappa shape index (κ1) is 14.8. The molecule has 118 valence electrons. The first-order chi connectivity index (χ1) is 10.7. The molecule has 2 heterocycles. The molecule has 2 saturated heterocycles. The Bertz CT molecular complexity index is 548. The number of hydrogen-bond acceptors (Lipinski definition) is 4. The van der Waals surface area contributed by atoms with Crippen LogP contribution in [0.4, 0.5) is 4.79 Å². The van der Waals surface area contributed by atoms with E-state index in [1.165, 1.54) is 5.06 Å². The number of carbonyl (C=O) groups excluding carboxylic acids is 2. The van der Waals surface area contributed by atoms with Crippen molar-refractivity contribution in [2.45, 2.75) is 38.5 Å². The van der Waals surface area contributed by atoms with Crippen molar-refractivity contribution in [3.8, 4) is 0 Å². The van der Waals surface area contributed by atoms with Crippen LogP contribution in [0.5, 0.6) is 0 Å². The van der Waals surface area contributed by atoms with Crippen molar-refractivity contribution in [1.29, 1.82) is 0 Å². The Morgan fingerprint density at radius 1 is 1.27 bits per heavy atom. The van der Waals surface area contributed by atoms with Gasteiger partial charge in [-0.05, 0) is 25.3 Å². The maximum atomic E-state index is 12.4. The van der Waals surface area contributed by atoms with Crippen LogP contribution in [0.15, 0.2) is 30.3 Å². The number of esters is 1. The van der Waals surface area contributed by atoms with E-state index in [9.17, 15) is 9.59 Å². The van der Waals surface area contributed by atoms with Crippen molar-refractivity contribution in [2.75, 3.05) is 13.2 Å². The summed E-state index contributed by atoms with van der Waals surface area (Å²) in [4.78, 5) is 31.6. The normalized spacial score (nSPS) is 23.8. The summed E-state index contributed by atoms with van der Waals surface area (Å²) in [5.41, 5.74) is 1.01. The van der Waals surface area contributed by atoms with Crippen LogP contribution >= 0.6 is 0 Å². The minimum absolute atomic E-state index is 0.0156. The standard InChI is InChI=1S/C16H20N2O4/c1-2-21-15(19)14-9-8-13-10-17(14)16(20)18(13)22-11-12-6-4-3-5-7-12/h3-7,13-14H,2,8-11H2,1H3/t13-,14-/m1/s1. The number of urea groups is 1. The highest BCUT2D eigenvalue weighted by Gasteiger charge is 2.48. The predicted octanol–water partition coefficient (Wildman–Crippen LogP) is 1.95. The largest absolute Gasteiger partial charge is 0.464 e. The number of rotatable bonds is 5. The second kappa shape index (κ2) is 6.36. The number of carbonyl (C=O) groups is 2. The van der Waals surface area contributed by atoms with Crippen molar-refractivity contribution in [3.63, 3.8) is 0 Å². The van der Waals surface area contributed by atoms with Gasteiger partial charge in [0.05, 0.1) is 12.6 Å². The highest BCUT2D eigenvalue weighted by Crippen LogP contribution is 2.30. The fraction of sp³-hybridized carbons (Fsp3) is 0.500. The van der Waals surface area contributed by atoms with Crippen molar-refractivity contribution < 1.29 is 19.2 Å². The molecule has 2 bridgehead atoms. The minimum atomic E-state index is -0.478. The van der Waals surface area contributed by atoms with Crippen LogP contribution in [0.2, 0.25) is 0 Å². The molecule has 2 atom stereocenters. The number of ether oxygens (including phenoxy) is 1. The maximum absolute atomic E-state index is 12.4. The molecular weight excluding hydrogens is 284 g/mol. The third-order valence-corrected chi connectivity index (χ3v) is 4.09. The highest BCUT2D eigenvalue weighted by atomic mass is 16.7. The SMILES string of the molecule is CCOC(=O)[C@H]1CC[C@@H]2CN1C(=O)N2OCc1ccccc1. The number of nitrogens with zero attached hydrogens (tertiary/aromatic N) is 2. The topological polar surface area (TPSA) is 59.1 Å². The van der Waals surface area contributed by atoms with E-state index >= 15 is 0 Å². The molecule has 1 aromatic rings. The van der Waals surface area contributed by atoms with Crippen LogP contribution in [-0.4, -0.2) is 47.2 Å². The summed E-state index contributed by atoms with van der Waals surface area (Å²) in [5, 5.41) is 1.42. The lowest BCUT2D eigenvalue weighted by Crippen LogP contribution is -2.45. The molecule has 0 radical (unpaired) electrons. The van der Waals surface area contributed by atoms with Gasteiger partial charge >= 0.3 is 12.0 Å². The number of hydroxylamine groups is 2. The monoisotopic (exact) mass is 304 g/mol. The molecule has 0 spiro atoms.